The highest BCUT2D eigenvalue weighted by atomic mass is 19.1. The van der Waals surface area contributed by atoms with E-state index in [2.05, 4.69) is 4.90 Å². The third kappa shape index (κ3) is 2.71. The summed E-state index contributed by atoms with van der Waals surface area (Å²) in [5, 5.41) is 9.53. The summed E-state index contributed by atoms with van der Waals surface area (Å²) < 4.78 is 13.1. The molecule has 0 aliphatic carbocycles. The van der Waals surface area contributed by atoms with E-state index >= 15 is 0 Å². The van der Waals surface area contributed by atoms with Gasteiger partial charge in [0.25, 0.3) is 0 Å². The van der Waals surface area contributed by atoms with Crippen molar-refractivity contribution >= 4 is 5.69 Å². The maximum absolute atomic E-state index is 13.1. The lowest BCUT2D eigenvalue weighted by Crippen LogP contribution is -2.37. The number of rotatable bonds is 2. The van der Waals surface area contributed by atoms with Crippen LogP contribution in [0.4, 0.5) is 10.1 Å². The number of anilines is 1. The molecule has 1 heterocycles. The number of benzene rings is 1. The average Bonchev–Trinajstić information content (AvgIpc) is 2.24. The minimum Gasteiger partial charge on any atom is -0.398 e. The van der Waals surface area contributed by atoms with Crippen molar-refractivity contribution in [3.8, 4) is 0 Å². The largest absolute Gasteiger partial charge is 0.398 e. The van der Waals surface area contributed by atoms with Crippen LogP contribution in [0.15, 0.2) is 18.2 Å². The first-order valence-corrected chi connectivity index (χ1v) is 5.59. The third-order valence-electron chi connectivity index (χ3n) is 2.98. The van der Waals surface area contributed by atoms with Gasteiger partial charge >= 0.3 is 0 Å². The zero-order chi connectivity index (χ0) is 11.5. The quantitative estimate of drug-likeness (QED) is 0.746. The fourth-order valence-corrected chi connectivity index (χ4v) is 2.13. The number of β-amino-alcohol motifs (C(OH)–C–C–N with tert-alkyl or cyclic N) is 1. The lowest BCUT2D eigenvalue weighted by atomic mass is 10.1. The molecule has 0 bridgehead atoms. The Morgan fingerprint density at radius 3 is 3.06 bits per heavy atom. The number of nitrogens with two attached hydrogens (primary N) is 1. The zero-order valence-corrected chi connectivity index (χ0v) is 9.19. The van der Waals surface area contributed by atoms with Gasteiger partial charge in [-0.3, -0.25) is 4.90 Å². The predicted octanol–water partition coefficient (Wildman–Crippen LogP) is 1.36. The fraction of sp³-hybridized carbons (Fsp3) is 0.500. The molecule has 1 aromatic rings. The van der Waals surface area contributed by atoms with E-state index in [1.807, 2.05) is 0 Å². The van der Waals surface area contributed by atoms with E-state index in [0.29, 0.717) is 18.8 Å². The molecule has 4 heteroatoms. The topological polar surface area (TPSA) is 49.5 Å². The molecule has 3 nitrogen and oxygen atoms in total. The SMILES string of the molecule is Nc1ccc(F)cc1CN1CCCC(O)C1. The predicted molar refractivity (Wildman–Crippen MR) is 61.3 cm³/mol. The van der Waals surface area contributed by atoms with Crippen molar-refractivity contribution in [3.05, 3.63) is 29.6 Å². The highest BCUT2D eigenvalue weighted by molar-refractivity contribution is 5.46. The first-order valence-electron chi connectivity index (χ1n) is 5.59. The van der Waals surface area contributed by atoms with E-state index in [0.717, 1.165) is 24.9 Å². The number of halogens is 1. The molecule has 1 atom stereocenters. The van der Waals surface area contributed by atoms with Gasteiger partial charge in [-0.1, -0.05) is 0 Å². The van der Waals surface area contributed by atoms with Crippen LogP contribution >= 0.6 is 0 Å². The Morgan fingerprint density at radius 1 is 1.50 bits per heavy atom. The lowest BCUT2D eigenvalue weighted by molar-refractivity contribution is 0.0669. The second-order valence-electron chi connectivity index (χ2n) is 4.37. The summed E-state index contributed by atoms with van der Waals surface area (Å²) >= 11 is 0. The number of nitrogen functional groups attached to an aromatic ring is 1. The van der Waals surface area contributed by atoms with Crippen molar-refractivity contribution < 1.29 is 9.50 Å². The number of piperidine rings is 1. The Balaban J connectivity index is 2.05. The van der Waals surface area contributed by atoms with Crippen LogP contribution < -0.4 is 5.73 Å². The minimum absolute atomic E-state index is 0.261. The molecule has 2 rings (SSSR count). The van der Waals surface area contributed by atoms with Gasteiger partial charge in [-0.2, -0.15) is 0 Å². The summed E-state index contributed by atoms with van der Waals surface area (Å²) in [5.41, 5.74) is 7.20. The van der Waals surface area contributed by atoms with Crippen LogP contribution in [-0.4, -0.2) is 29.2 Å². The van der Waals surface area contributed by atoms with Crippen LogP contribution in [0.3, 0.4) is 0 Å². The number of hydrogen-bond acceptors (Lipinski definition) is 3. The van der Waals surface area contributed by atoms with Crippen LogP contribution in [-0.2, 0) is 6.54 Å². The van der Waals surface area contributed by atoms with E-state index < -0.39 is 0 Å². The highest BCUT2D eigenvalue weighted by Crippen LogP contribution is 2.18. The minimum atomic E-state index is -0.262. The summed E-state index contributed by atoms with van der Waals surface area (Å²) in [6, 6.07) is 4.42. The average molecular weight is 224 g/mol. The van der Waals surface area contributed by atoms with Gasteiger partial charge in [0.05, 0.1) is 6.10 Å². The third-order valence-corrected chi connectivity index (χ3v) is 2.98. The molecule has 0 radical (unpaired) electrons. The zero-order valence-electron chi connectivity index (χ0n) is 9.19. The van der Waals surface area contributed by atoms with Crippen LogP contribution in [0.5, 0.6) is 0 Å². The van der Waals surface area contributed by atoms with E-state index in [9.17, 15) is 9.50 Å². The molecule has 0 saturated carbocycles. The second kappa shape index (κ2) is 4.80. The van der Waals surface area contributed by atoms with Gasteiger partial charge in [0.2, 0.25) is 0 Å². The van der Waals surface area contributed by atoms with Crippen molar-refractivity contribution in [1.29, 1.82) is 0 Å². The van der Waals surface area contributed by atoms with Crippen molar-refractivity contribution in [1.82, 2.24) is 4.90 Å². The smallest absolute Gasteiger partial charge is 0.123 e. The summed E-state index contributed by atoms with van der Waals surface area (Å²) in [6.07, 6.45) is 1.58. The van der Waals surface area contributed by atoms with Gasteiger partial charge in [-0.15, -0.1) is 0 Å². The lowest BCUT2D eigenvalue weighted by Gasteiger charge is -2.30. The molecule has 3 N–H and O–H groups in total. The van der Waals surface area contributed by atoms with Gasteiger partial charge in [-0.05, 0) is 43.1 Å². The normalized spacial score (nSPS) is 22.2. The van der Waals surface area contributed by atoms with Crippen molar-refractivity contribution in [3.63, 3.8) is 0 Å². The molecule has 1 saturated heterocycles. The van der Waals surface area contributed by atoms with E-state index in [4.69, 9.17) is 5.73 Å². The van der Waals surface area contributed by atoms with Gasteiger partial charge in [0.15, 0.2) is 0 Å². The number of nitrogens with zero attached hydrogens (tertiary/aromatic N) is 1. The van der Waals surface area contributed by atoms with Crippen LogP contribution in [0.25, 0.3) is 0 Å². The van der Waals surface area contributed by atoms with Crippen LogP contribution in [0, 0.1) is 5.82 Å². The first kappa shape index (κ1) is 11.4. The molecule has 1 unspecified atom stereocenters. The van der Waals surface area contributed by atoms with Gasteiger partial charge < -0.3 is 10.8 Å². The van der Waals surface area contributed by atoms with Crippen LogP contribution in [0.2, 0.25) is 0 Å². The Kier molecular flexibility index (Phi) is 3.41. The molecule has 1 aliphatic heterocycles. The van der Waals surface area contributed by atoms with E-state index in [1.54, 1.807) is 6.07 Å². The molecule has 88 valence electrons. The maximum atomic E-state index is 13.1. The summed E-state index contributed by atoms with van der Waals surface area (Å²) in [6.45, 7) is 2.20. The van der Waals surface area contributed by atoms with Gasteiger partial charge in [-0.25, -0.2) is 4.39 Å². The molecule has 0 spiro atoms. The Hall–Kier alpha value is -1.13. The van der Waals surface area contributed by atoms with E-state index in [1.165, 1.54) is 12.1 Å². The Bertz CT molecular complexity index is 370. The molecule has 1 aromatic carbocycles. The van der Waals surface area contributed by atoms with Crippen molar-refractivity contribution in [2.75, 3.05) is 18.8 Å². The van der Waals surface area contributed by atoms with Crippen LogP contribution in [0.1, 0.15) is 18.4 Å². The second-order valence-corrected chi connectivity index (χ2v) is 4.37. The number of aliphatic hydroxyl groups excluding tert-OH is 1. The highest BCUT2D eigenvalue weighted by Gasteiger charge is 2.18. The molecule has 16 heavy (non-hydrogen) atoms. The van der Waals surface area contributed by atoms with Gasteiger partial charge in [0.1, 0.15) is 5.82 Å². The Morgan fingerprint density at radius 2 is 2.31 bits per heavy atom. The number of hydrogen-bond donors (Lipinski definition) is 2. The number of likely N-dealkylation sites (tertiary alicyclic amines) is 1. The first-order chi connectivity index (χ1) is 7.65. The Labute approximate surface area is 94.7 Å². The maximum Gasteiger partial charge on any atom is 0.123 e. The van der Waals surface area contributed by atoms with E-state index in [-0.39, 0.29) is 11.9 Å². The molecular formula is C12H17FN2O. The van der Waals surface area contributed by atoms with Gasteiger partial charge in [0, 0.05) is 18.8 Å². The molecule has 0 aromatic heterocycles. The van der Waals surface area contributed by atoms with Crippen molar-refractivity contribution in [2.45, 2.75) is 25.5 Å². The van der Waals surface area contributed by atoms with Crippen molar-refractivity contribution in [2.24, 2.45) is 0 Å². The summed E-state index contributed by atoms with van der Waals surface area (Å²) in [7, 11) is 0. The molecular weight excluding hydrogens is 207 g/mol. The monoisotopic (exact) mass is 224 g/mol. The number of aliphatic hydroxyl groups is 1. The summed E-state index contributed by atoms with van der Waals surface area (Å²) in [5.74, 6) is -0.262. The standard InChI is InChI=1S/C12H17FN2O/c13-10-3-4-12(14)9(6-10)7-15-5-1-2-11(16)8-15/h3-4,6,11,16H,1-2,5,7-8,14H2. The molecule has 0 amide bonds. The fourth-order valence-electron chi connectivity index (χ4n) is 2.13. The summed E-state index contributed by atoms with van der Waals surface area (Å²) in [4.78, 5) is 2.11. The molecule has 1 aliphatic rings. The molecule has 1 fully saturated rings.